The smallest absolute Gasteiger partial charge is 0.185 e. The van der Waals surface area contributed by atoms with Crippen LogP contribution in [0.4, 0.5) is 0 Å². The first kappa shape index (κ1) is 20.9. The van der Waals surface area contributed by atoms with Crippen molar-refractivity contribution < 1.29 is 4.43 Å². The monoisotopic (exact) mass is 340 g/mol. The molecule has 0 aliphatic heterocycles. The molecule has 0 aromatic rings. The van der Waals surface area contributed by atoms with E-state index in [1.807, 2.05) is 0 Å². The molecule has 0 N–H and O–H groups in total. The molecule has 0 saturated carbocycles. The predicted octanol–water partition coefficient (Wildman–Crippen LogP) is 4.77. The van der Waals surface area contributed by atoms with Gasteiger partial charge < -0.3 is 4.43 Å². The van der Waals surface area contributed by atoms with Crippen molar-refractivity contribution in [3.05, 3.63) is 11.3 Å². The van der Waals surface area contributed by atoms with Crippen LogP contribution in [0.1, 0.15) is 34.1 Å². The van der Waals surface area contributed by atoms with Crippen LogP contribution in [0.5, 0.6) is 0 Å². The van der Waals surface area contributed by atoms with E-state index in [4.69, 9.17) is 4.43 Å². The molecule has 0 aliphatic carbocycles. The lowest BCUT2D eigenvalue weighted by Gasteiger charge is -2.31. The fraction of sp³-hybridized carbons (Fsp3) is 0.765. The molecule has 4 heteroatoms. The molecule has 0 amide bonds. The SMILES string of the molecule is CCC(C)(C#C[Si](C)(C)CC[SiH2]C=C(C)C)O[Si](C)(C)C. The topological polar surface area (TPSA) is 9.23 Å². The van der Waals surface area contributed by atoms with Gasteiger partial charge in [0.15, 0.2) is 8.32 Å². The highest BCUT2D eigenvalue weighted by molar-refractivity contribution is 6.85. The van der Waals surface area contributed by atoms with Gasteiger partial charge in [0, 0.05) is 9.52 Å². The van der Waals surface area contributed by atoms with E-state index in [0.717, 1.165) is 6.42 Å². The second kappa shape index (κ2) is 8.52. The summed E-state index contributed by atoms with van der Waals surface area (Å²) < 4.78 is 6.31. The van der Waals surface area contributed by atoms with E-state index < -0.39 is 16.4 Å². The Hall–Kier alpha value is -0.0894. The Morgan fingerprint density at radius 1 is 1.19 bits per heavy atom. The van der Waals surface area contributed by atoms with Crippen molar-refractivity contribution in [1.82, 2.24) is 0 Å². The molecule has 1 atom stereocenters. The van der Waals surface area contributed by atoms with Gasteiger partial charge in [-0.1, -0.05) is 37.6 Å². The van der Waals surface area contributed by atoms with Crippen LogP contribution in [0.25, 0.3) is 0 Å². The molecule has 0 aromatic carbocycles. The first-order chi connectivity index (χ1) is 9.39. The summed E-state index contributed by atoms with van der Waals surface area (Å²) in [5.74, 6) is 3.52. The van der Waals surface area contributed by atoms with Crippen molar-refractivity contribution in [2.24, 2.45) is 0 Å². The zero-order valence-electron chi connectivity index (χ0n) is 15.8. The van der Waals surface area contributed by atoms with Gasteiger partial charge in [-0.2, -0.15) is 0 Å². The third-order valence-electron chi connectivity index (χ3n) is 3.43. The van der Waals surface area contributed by atoms with Crippen LogP contribution in [0.15, 0.2) is 11.3 Å². The molecule has 0 bridgehead atoms. The quantitative estimate of drug-likeness (QED) is 0.368. The summed E-state index contributed by atoms with van der Waals surface area (Å²) in [7, 11) is -2.96. The molecular formula is C17H36OSi3. The molecule has 122 valence electrons. The fourth-order valence-electron chi connectivity index (χ4n) is 2.16. The molecule has 0 saturated heterocycles. The highest BCUT2D eigenvalue weighted by Crippen LogP contribution is 2.21. The van der Waals surface area contributed by atoms with Crippen LogP contribution in [0.3, 0.4) is 0 Å². The molecule has 0 aromatic heterocycles. The Bertz CT molecular complexity index is 406. The molecule has 0 aliphatic rings. The first-order valence-electron chi connectivity index (χ1n) is 8.27. The molecule has 1 nitrogen and oxygen atoms in total. The molecule has 0 spiro atoms. The van der Waals surface area contributed by atoms with Gasteiger partial charge in [-0.3, -0.25) is 0 Å². The molecule has 1 unspecified atom stereocenters. The Balaban J connectivity index is 4.71. The molecule has 0 heterocycles. The summed E-state index contributed by atoms with van der Waals surface area (Å²) in [6.45, 7) is 20.3. The van der Waals surface area contributed by atoms with E-state index in [-0.39, 0.29) is 15.1 Å². The van der Waals surface area contributed by atoms with Crippen LogP contribution in [-0.2, 0) is 4.43 Å². The van der Waals surface area contributed by atoms with E-state index in [2.05, 4.69) is 77.6 Å². The lowest BCUT2D eigenvalue weighted by molar-refractivity contribution is 0.138. The summed E-state index contributed by atoms with van der Waals surface area (Å²) in [4.78, 5) is 0. The number of allylic oxidation sites excluding steroid dienone is 1. The highest BCUT2D eigenvalue weighted by Gasteiger charge is 2.29. The van der Waals surface area contributed by atoms with Crippen molar-refractivity contribution >= 4 is 25.9 Å². The van der Waals surface area contributed by atoms with Gasteiger partial charge in [-0.15, -0.1) is 11.2 Å². The Kier molecular flexibility index (Phi) is 8.48. The van der Waals surface area contributed by atoms with Crippen LogP contribution in [-0.4, -0.2) is 31.5 Å². The van der Waals surface area contributed by atoms with Gasteiger partial charge in [-0.05, 0) is 52.9 Å². The fourth-order valence-corrected chi connectivity index (χ4v) is 9.57. The van der Waals surface area contributed by atoms with E-state index >= 15 is 0 Å². The molecular weight excluding hydrogens is 304 g/mol. The van der Waals surface area contributed by atoms with Crippen LogP contribution in [0, 0.1) is 11.5 Å². The molecule has 0 rings (SSSR count). The van der Waals surface area contributed by atoms with Crippen molar-refractivity contribution in [2.75, 3.05) is 0 Å². The lowest BCUT2D eigenvalue weighted by atomic mass is 10.1. The predicted molar refractivity (Wildman–Crippen MR) is 106 cm³/mol. The number of hydrogen-bond donors (Lipinski definition) is 0. The molecule has 21 heavy (non-hydrogen) atoms. The van der Waals surface area contributed by atoms with E-state index in [1.165, 1.54) is 17.7 Å². The summed E-state index contributed by atoms with van der Waals surface area (Å²) in [6, 6.07) is 2.74. The minimum Gasteiger partial charge on any atom is -0.402 e. The van der Waals surface area contributed by atoms with E-state index in [9.17, 15) is 0 Å². The lowest BCUT2D eigenvalue weighted by Crippen LogP contribution is -2.39. The summed E-state index contributed by atoms with van der Waals surface area (Å²) >= 11 is 0. The van der Waals surface area contributed by atoms with Crippen molar-refractivity contribution in [3.63, 3.8) is 0 Å². The van der Waals surface area contributed by atoms with Gasteiger partial charge in [0.1, 0.15) is 13.7 Å². The molecule has 0 radical (unpaired) electrons. The maximum Gasteiger partial charge on any atom is 0.185 e. The normalized spacial score (nSPS) is 15.5. The minimum atomic E-state index is -1.54. The number of rotatable bonds is 7. The highest BCUT2D eigenvalue weighted by atomic mass is 28.4. The average molecular weight is 341 g/mol. The van der Waals surface area contributed by atoms with Gasteiger partial charge in [0.05, 0.1) is 0 Å². The van der Waals surface area contributed by atoms with Gasteiger partial charge in [-0.25, -0.2) is 0 Å². The van der Waals surface area contributed by atoms with Crippen LogP contribution < -0.4 is 0 Å². The van der Waals surface area contributed by atoms with E-state index in [0.29, 0.717) is 0 Å². The zero-order valence-corrected chi connectivity index (χ0v) is 19.2. The van der Waals surface area contributed by atoms with E-state index in [1.54, 1.807) is 0 Å². The summed E-state index contributed by atoms with van der Waals surface area (Å²) in [5, 5.41) is 0. The van der Waals surface area contributed by atoms with Crippen molar-refractivity contribution in [3.8, 4) is 11.5 Å². The first-order valence-corrected chi connectivity index (χ1v) is 16.7. The minimum absolute atomic E-state index is 0.0195. The average Bonchev–Trinajstić information content (AvgIpc) is 2.30. The van der Waals surface area contributed by atoms with Crippen molar-refractivity contribution in [2.45, 2.75) is 84.5 Å². The largest absolute Gasteiger partial charge is 0.402 e. The summed E-state index contributed by atoms with van der Waals surface area (Å²) in [5.41, 5.74) is 7.36. The zero-order chi connectivity index (χ0) is 16.7. The summed E-state index contributed by atoms with van der Waals surface area (Å²) in [6.07, 6.45) is 0.973. The standard InChI is InChI=1S/C17H36OSi3/c1-10-17(4,18-20(5,6)7)11-13-21(8,9)14-12-19-15-16(2)3/h15H,10,12,14,19H2,1-9H3. The maximum absolute atomic E-state index is 6.31. The Morgan fingerprint density at radius 2 is 1.76 bits per heavy atom. The second-order valence-electron chi connectivity index (χ2n) is 8.11. The van der Waals surface area contributed by atoms with Gasteiger partial charge >= 0.3 is 0 Å². The second-order valence-corrected chi connectivity index (χ2v) is 18.7. The molecule has 0 fully saturated rings. The van der Waals surface area contributed by atoms with Crippen LogP contribution in [0.2, 0.25) is 44.8 Å². The van der Waals surface area contributed by atoms with Gasteiger partial charge in [0.2, 0.25) is 0 Å². The Labute approximate surface area is 137 Å². The third-order valence-corrected chi connectivity index (χ3v) is 9.47. The van der Waals surface area contributed by atoms with Gasteiger partial charge in [0.25, 0.3) is 0 Å². The maximum atomic E-state index is 6.31. The van der Waals surface area contributed by atoms with Crippen molar-refractivity contribution in [1.29, 1.82) is 0 Å². The number of hydrogen-bond acceptors (Lipinski definition) is 1. The third kappa shape index (κ3) is 11.2. The Morgan fingerprint density at radius 3 is 2.19 bits per heavy atom. The van der Waals surface area contributed by atoms with Crippen LogP contribution >= 0.6 is 0 Å².